The van der Waals surface area contributed by atoms with Crippen molar-refractivity contribution in [3.8, 4) is 0 Å². The molecule has 0 aliphatic carbocycles. The van der Waals surface area contributed by atoms with Crippen molar-refractivity contribution in [2.45, 2.75) is 13.3 Å². The minimum Gasteiger partial charge on any atom is -0.461 e. The smallest absolute Gasteiger partial charge is 0.193 e. The van der Waals surface area contributed by atoms with Crippen LogP contribution < -0.4 is 11.1 Å². The first kappa shape index (κ1) is 14.2. The van der Waals surface area contributed by atoms with E-state index >= 15 is 0 Å². The first-order chi connectivity index (χ1) is 10.7. The summed E-state index contributed by atoms with van der Waals surface area (Å²) >= 11 is 0. The van der Waals surface area contributed by atoms with Crippen LogP contribution in [-0.2, 0) is 6.42 Å². The van der Waals surface area contributed by atoms with Crippen molar-refractivity contribution in [3.05, 3.63) is 65.9 Å². The predicted octanol–water partition coefficient (Wildman–Crippen LogP) is 3.71. The van der Waals surface area contributed by atoms with Crippen molar-refractivity contribution in [1.82, 2.24) is 0 Å². The number of anilines is 1. The molecule has 0 bridgehead atoms. The van der Waals surface area contributed by atoms with Gasteiger partial charge in [0, 0.05) is 24.0 Å². The monoisotopic (exact) mass is 293 g/mol. The second-order valence-electron chi connectivity index (χ2n) is 5.26. The molecule has 1 aromatic heterocycles. The highest BCUT2D eigenvalue weighted by atomic mass is 16.3. The number of nitrogens with zero attached hydrogens (tertiary/aromatic N) is 1. The molecule has 0 aliphatic rings. The number of rotatable bonds is 4. The van der Waals surface area contributed by atoms with Crippen LogP contribution in [0.4, 0.5) is 5.69 Å². The van der Waals surface area contributed by atoms with Crippen LogP contribution in [0.5, 0.6) is 0 Å². The van der Waals surface area contributed by atoms with Gasteiger partial charge in [-0.2, -0.15) is 0 Å². The Labute approximate surface area is 129 Å². The van der Waals surface area contributed by atoms with Gasteiger partial charge in [0.2, 0.25) is 0 Å². The van der Waals surface area contributed by atoms with Gasteiger partial charge in [-0.15, -0.1) is 0 Å². The molecule has 0 aliphatic heterocycles. The van der Waals surface area contributed by atoms with Crippen molar-refractivity contribution in [1.29, 1.82) is 0 Å². The van der Waals surface area contributed by atoms with E-state index in [1.54, 1.807) is 0 Å². The fourth-order valence-electron chi connectivity index (χ4n) is 2.27. The second-order valence-corrected chi connectivity index (χ2v) is 5.26. The molecule has 4 heteroatoms. The van der Waals surface area contributed by atoms with E-state index in [1.165, 1.54) is 5.56 Å². The molecule has 0 amide bonds. The van der Waals surface area contributed by atoms with E-state index in [9.17, 15) is 0 Å². The molecule has 22 heavy (non-hydrogen) atoms. The lowest BCUT2D eigenvalue weighted by atomic mass is 10.2. The molecule has 3 aromatic rings. The van der Waals surface area contributed by atoms with Crippen LogP contribution in [0.25, 0.3) is 11.0 Å². The quantitative estimate of drug-likeness (QED) is 0.569. The number of fused-ring (bicyclic) bond motifs is 1. The minimum atomic E-state index is 0.417. The molecule has 4 nitrogen and oxygen atoms in total. The SMILES string of the molecule is Cc1ccc(NC(N)=NCCc2cc3ccccc3o2)cc1. The molecule has 112 valence electrons. The topological polar surface area (TPSA) is 63.5 Å². The third kappa shape index (κ3) is 3.47. The van der Waals surface area contributed by atoms with E-state index in [0.717, 1.165) is 28.8 Å². The zero-order valence-electron chi connectivity index (χ0n) is 12.5. The fraction of sp³-hybridized carbons (Fsp3) is 0.167. The summed E-state index contributed by atoms with van der Waals surface area (Å²) in [6.45, 7) is 2.64. The Morgan fingerprint density at radius 2 is 1.91 bits per heavy atom. The number of benzene rings is 2. The van der Waals surface area contributed by atoms with Gasteiger partial charge in [-0.1, -0.05) is 35.9 Å². The van der Waals surface area contributed by atoms with Gasteiger partial charge in [0.1, 0.15) is 11.3 Å². The highest BCUT2D eigenvalue weighted by Gasteiger charge is 2.02. The van der Waals surface area contributed by atoms with Crippen LogP contribution in [-0.4, -0.2) is 12.5 Å². The van der Waals surface area contributed by atoms with E-state index in [0.29, 0.717) is 12.5 Å². The van der Waals surface area contributed by atoms with Gasteiger partial charge in [-0.3, -0.25) is 4.99 Å². The summed E-state index contributed by atoms with van der Waals surface area (Å²) < 4.78 is 5.75. The maximum Gasteiger partial charge on any atom is 0.193 e. The number of nitrogens with one attached hydrogen (secondary N) is 1. The summed E-state index contributed by atoms with van der Waals surface area (Å²) in [7, 11) is 0. The molecule has 0 unspecified atom stereocenters. The van der Waals surface area contributed by atoms with E-state index in [2.05, 4.69) is 23.3 Å². The lowest BCUT2D eigenvalue weighted by Crippen LogP contribution is -2.23. The predicted molar refractivity (Wildman–Crippen MR) is 91.2 cm³/mol. The number of hydrogen-bond acceptors (Lipinski definition) is 2. The van der Waals surface area contributed by atoms with Gasteiger partial charge in [0.25, 0.3) is 0 Å². The van der Waals surface area contributed by atoms with Crippen LogP contribution in [0.3, 0.4) is 0 Å². The van der Waals surface area contributed by atoms with E-state index in [-0.39, 0.29) is 0 Å². The molecule has 0 spiro atoms. The van der Waals surface area contributed by atoms with Gasteiger partial charge < -0.3 is 15.5 Å². The number of guanidine groups is 1. The number of aliphatic imine (C=N–C) groups is 1. The van der Waals surface area contributed by atoms with E-state index in [1.807, 2.05) is 48.5 Å². The average Bonchev–Trinajstić information content (AvgIpc) is 2.92. The van der Waals surface area contributed by atoms with Crippen LogP contribution in [0, 0.1) is 6.92 Å². The Hall–Kier alpha value is -2.75. The molecule has 0 saturated heterocycles. The number of nitrogens with two attached hydrogens (primary N) is 1. The van der Waals surface area contributed by atoms with Crippen LogP contribution in [0.2, 0.25) is 0 Å². The summed E-state index contributed by atoms with van der Waals surface area (Å²) in [5.74, 6) is 1.34. The van der Waals surface area contributed by atoms with Crippen LogP contribution in [0.15, 0.2) is 64.0 Å². The van der Waals surface area contributed by atoms with Crippen molar-refractivity contribution >= 4 is 22.6 Å². The third-order valence-electron chi connectivity index (χ3n) is 3.44. The molecule has 0 fully saturated rings. The Bertz CT molecular complexity index is 754. The molecule has 3 N–H and O–H groups in total. The molecule has 3 rings (SSSR count). The Kier molecular flexibility index (Phi) is 4.10. The number of hydrogen-bond donors (Lipinski definition) is 2. The Balaban J connectivity index is 1.57. The number of furan rings is 1. The van der Waals surface area contributed by atoms with Crippen LogP contribution >= 0.6 is 0 Å². The van der Waals surface area contributed by atoms with Crippen molar-refractivity contribution in [2.24, 2.45) is 10.7 Å². The number of aryl methyl sites for hydroxylation is 1. The lowest BCUT2D eigenvalue weighted by Gasteiger charge is -2.05. The summed E-state index contributed by atoms with van der Waals surface area (Å²) in [6, 6.07) is 18.1. The van der Waals surface area contributed by atoms with Crippen LogP contribution in [0.1, 0.15) is 11.3 Å². The summed E-state index contributed by atoms with van der Waals surface area (Å²) in [5.41, 5.74) is 8.95. The fourth-order valence-corrected chi connectivity index (χ4v) is 2.27. The van der Waals surface area contributed by atoms with Crippen molar-refractivity contribution < 1.29 is 4.42 Å². The highest BCUT2D eigenvalue weighted by molar-refractivity contribution is 5.92. The van der Waals surface area contributed by atoms with E-state index < -0.39 is 0 Å². The maximum absolute atomic E-state index is 5.89. The maximum atomic E-state index is 5.89. The second kappa shape index (κ2) is 6.35. The van der Waals surface area contributed by atoms with Crippen molar-refractivity contribution in [2.75, 3.05) is 11.9 Å². The summed E-state index contributed by atoms with van der Waals surface area (Å²) in [4.78, 5) is 4.33. The van der Waals surface area contributed by atoms with Gasteiger partial charge in [-0.05, 0) is 31.2 Å². The van der Waals surface area contributed by atoms with Gasteiger partial charge in [0.05, 0.1) is 0 Å². The molecule has 2 aromatic carbocycles. The zero-order valence-corrected chi connectivity index (χ0v) is 12.5. The standard InChI is InChI=1S/C18H19N3O/c1-13-6-8-15(9-7-13)21-18(19)20-11-10-16-12-14-4-2-3-5-17(14)22-16/h2-9,12H,10-11H2,1H3,(H3,19,20,21). The van der Waals surface area contributed by atoms with Crippen molar-refractivity contribution in [3.63, 3.8) is 0 Å². The Morgan fingerprint density at radius 1 is 1.14 bits per heavy atom. The highest BCUT2D eigenvalue weighted by Crippen LogP contribution is 2.19. The summed E-state index contributed by atoms with van der Waals surface area (Å²) in [6.07, 6.45) is 0.727. The first-order valence-corrected chi connectivity index (χ1v) is 7.32. The van der Waals surface area contributed by atoms with Gasteiger partial charge in [-0.25, -0.2) is 0 Å². The van der Waals surface area contributed by atoms with Gasteiger partial charge in [0.15, 0.2) is 5.96 Å². The largest absolute Gasteiger partial charge is 0.461 e. The number of para-hydroxylation sites is 1. The molecule has 0 saturated carbocycles. The first-order valence-electron chi connectivity index (χ1n) is 7.32. The Morgan fingerprint density at radius 3 is 2.68 bits per heavy atom. The molecular weight excluding hydrogens is 274 g/mol. The molecule has 1 heterocycles. The molecule has 0 radical (unpaired) electrons. The van der Waals surface area contributed by atoms with E-state index in [4.69, 9.17) is 10.2 Å². The normalized spacial score (nSPS) is 11.8. The average molecular weight is 293 g/mol. The molecular formula is C18H19N3O. The third-order valence-corrected chi connectivity index (χ3v) is 3.44. The zero-order chi connectivity index (χ0) is 15.4. The molecule has 0 atom stereocenters. The lowest BCUT2D eigenvalue weighted by molar-refractivity contribution is 0.550. The summed E-state index contributed by atoms with van der Waals surface area (Å²) in [5, 5.41) is 4.20. The van der Waals surface area contributed by atoms with Gasteiger partial charge >= 0.3 is 0 Å². The minimum absolute atomic E-state index is 0.417.